The maximum Gasteiger partial charge on any atom is 0.266 e. The SMILES string of the molecule is CCN(CC)c1nc(C(C)(C)C)c(I)c(=O)[nH]1. The summed E-state index contributed by atoms with van der Waals surface area (Å²) in [4.78, 5) is 21.4. The second-order valence-corrected chi connectivity index (χ2v) is 6.05. The Morgan fingerprint density at radius 3 is 2.24 bits per heavy atom. The first-order valence-electron chi connectivity index (χ1n) is 5.86. The maximum atomic E-state index is 11.9. The van der Waals surface area contributed by atoms with Crippen LogP contribution in [0.3, 0.4) is 0 Å². The summed E-state index contributed by atoms with van der Waals surface area (Å²) < 4.78 is 0.686. The van der Waals surface area contributed by atoms with Crippen molar-refractivity contribution in [2.24, 2.45) is 0 Å². The van der Waals surface area contributed by atoms with Crippen LogP contribution in [-0.2, 0) is 5.41 Å². The molecule has 0 bridgehead atoms. The summed E-state index contributed by atoms with van der Waals surface area (Å²) in [6.45, 7) is 12.0. The molecule has 0 aliphatic heterocycles. The molecule has 96 valence electrons. The fraction of sp³-hybridized carbons (Fsp3) is 0.667. The van der Waals surface area contributed by atoms with Gasteiger partial charge in [-0.3, -0.25) is 9.78 Å². The van der Waals surface area contributed by atoms with Gasteiger partial charge in [-0.05, 0) is 36.4 Å². The van der Waals surface area contributed by atoms with Gasteiger partial charge in [0, 0.05) is 18.5 Å². The number of hydrogen-bond acceptors (Lipinski definition) is 3. The molecule has 0 amide bonds. The van der Waals surface area contributed by atoms with Crippen LogP contribution in [-0.4, -0.2) is 23.1 Å². The van der Waals surface area contributed by atoms with Crippen molar-refractivity contribution in [1.29, 1.82) is 0 Å². The van der Waals surface area contributed by atoms with Gasteiger partial charge in [-0.15, -0.1) is 0 Å². The number of aromatic amines is 1. The highest BCUT2D eigenvalue weighted by Gasteiger charge is 2.22. The lowest BCUT2D eigenvalue weighted by Crippen LogP contribution is -2.31. The average molecular weight is 349 g/mol. The van der Waals surface area contributed by atoms with E-state index in [9.17, 15) is 4.79 Å². The Bertz CT molecular complexity index is 444. The molecule has 0 unspecified atom stereocenters. The van der Waals surface area contributed by atoms with Crippen molar-refractivity contribution in [1.82, 2.24) is 9.97 Å². The summed E-state index contributed by atoms with van der Waals surface area (Å²) in [5.74, 6) is 0.672. The molecule has 0 aliphatic carbocycles. The van der Waals surface area contributed by atoms with Gasteiger partial charge < -0.3 is 4.90 Å². The van der Waals surface area contributed by atoms with Crippen LogP contribution in [0.15, 0.2) is 4.79 Å². The topological polar surface area (TPSA) is 49.0 Å². The van der Waals surface area contributed by atoms with Crippen molar-refractivity contribution < 1.29 is 0 Å². The van der Waals surface area contributed by atoms with E-state index in [0.717, 1.165) is 18.8 Å². The standard InChI is InChI=1S/C12H20IN3O/c1-6-16(7-2)11-14-9(12(3,4)5)8(13)10(17)15-11/h6-7H2,1-5H3,(H,14,15,17). The number of nitrogens with one attached hydrogen (secondary N) is 1. The largest absolute Gasteiger partial charge is 0.343 e. The Labute approximate surface area is 116 Å². The van der Waals surface area contributed by atoms with Gasteiger partial charge in [0.2, 0.25) is 5.95 Å². The minimum atomic E-state index is -0.118. The first-order chi connectivity index (χ1) is 7.81. The van der Waals surface area contributed by atoms with Gasteiger partial charge in [0.05, 0.1) is 5.69 Å². The zero-order chi connectivity index (χ0) is 13.2. The van der Waals surface area contributed by atoms with Crippen LogP contribution in [0.1, 0.15) is 40.3 Å². The molecule has 0 spiro atoms. The van der Waals surface area contributed by atoms with E-state index >= 15 is 0 Å². The smallest absolute Gasteiger partial charge is 0.266 e. The highest BCUT2D eigenvalue weighted by atomic mass is 127. The third-order valence-corrected chi connectivity index (χ3v) is 3.62. The predicted octanol–water partition coefficient (Wildman–Crippen LogP) is 2.52. The lowest BCUT2D eigenvalue weighted by molar-refractivity contribution is 0.559. The van der Waals surface area contributed by atoms with Crippen molar-refractivity contribution in [3.05, 3.63) is 19.6 Å². The third kappa shape index (κ3) is 3.20. The fourth-order valence-corrected chi connectivity index (χ4v) is 2.68. The maximum absolute atomic E-state index is 11.9. The van der Waals surface area contributed by atoms with Crippen molar-refractivity contribution in [2.45, 2.75) is 40.0 Å². The molecule has 0 aromatic carbocycles. The molecule has 0 radical (unpaired) electrons. The molecule has 4 nitrogen and oxygen atoms in total. The molecule has 1 aromatic heterocycles. The van der Waals surface area contributed by atoms with Gasteiger partial charge in [-0.25, -0.2) is 4.98 Å². The number of H-pyrrole nitrogens is 1. The van der Waals surface area contributed by atoms with Crippen molar-refractivity contribution in [3.63, 3.8) is 0 Å². The van der Waals surface area contributed by atoms with Gasteiger partial charge in [-0.2, -0.15) is 0 Å². The third-order valence-electron chi connectivity index (χ3n) is 2.62. The predicted molar refractivity (Wildman–Crippen MR) is 79.8 cm³/mol. The van der Waals surface area contributed by atoms with Crippen LogP contribution in [0, 0.1) is 3.57 Å². The van der Waals surface area contributed by atoms with Crippen molar-refractivity contribution in [2.75, 3.05) is 18.0 Å². The molecule has 1 heterocycles. The normalized spacial score (nSPS) is 11.6. The second kappa shape index (κ2) is 5.37. The van der Waals surface area contributed by atoms with Gasteiger partial charge in [0.25, 0.3) is 5.56 Å². The van der Waals surface area contributed by atoms with E-state index < -0.39 is 0 Å². The van der Waals surface area contributed by atoms with Crippen LogP contribution in [0.4, 0.5) is 5.95 Å². The number of aromatic nitrogens is 2. The highest BCUT2D eigenvalue weighted by molar-refractivity contribution is 14.1. The van der Waals surface area contributed by atoms with Gasteiger partial charge >= 0.3 is 0 Å². The van der Waals surface area contributed by atoms with Crippen LogP contribution >= 0.6 is 22.6 Å². The quantitative estimate of drug-likeness (QED) is 0.854. The van der Waals surface area contributed by atoms with E-state index in [1.807, 2.05) is 4.90 Å². The number of nitrogens with zero attached hydrogens (tertiary/aromatic N) is 2. The Kier molecular flexibility index (Phi) is 4.57. The van der Waals surface area contributed by atoms with Crippen molar-refractivity contribution in [3.8, 4) is 0 Å². The molecule has 1 rings (SSSR count). The molecule has 1 aromatic rings. The van der Waals surface area contributed by atoms with Crippen molar-refractivity contribution >= 4 is 28.5 Å². The first kappa shape index (κ1) is 14.5. The molecule has 0 saturated carbocycles. The lowest BCUT2D eigenvalue weighted by atomic mass is 9.92. The summed E-state index contributed by atoms with van der Waals surface area (Å²) in [5.41, 5.74) is 0.698. The van der Waals surface area contributed by atoms with E-state index in [1.54, 1.807) is 0 Å². The molecular formula is C12H20IN3O. The van der Waals surface area contributed by atoms with E-state index in [-0.39, 0.29) is 11.0 Å². The molecular weight excluding hydrogens is 329 g/mol. The van der Waals surface area contributed by atoms with Gasteiger partial charge in [0.1, 0.15) is 3.57 Å². The summed E-state index contributed by atoms with van der Waals surface area (Å²) >= 11 is 2.07. The van der Waals surface area contributed by atoms with E-state index in [1.165, 1.54) is 0 Å². The van der Waals surface area contributed by atoms with E-state index in [0.29, 0.717) is 9.52 Å². The lowest BCUT2D eigenvalue weighted by Gasteiger charge is -2.24. The Morgan fingerprint density at radius 2 is 1.82 bits per heavy atom. The van der Waals surface area contributed by atoms with E-state index in [4.69, 9.17) is 0 Å². The van der Waals surface area contributed by atoms with Gasteiger partial charge in [-0.1, -0.05) is 20.8 Å². The summed E-state index contributed by atoms with van der Waals surface area (Å²) in [6, 6.07) is 0. The summed E-state index contributed by atoms with van der Waals surface area (Å²) in [7, 11) is 0. The zero-order valence-corrected chi connectivity index (χ0v) is 13.3. The molecule has 0 aliphatic rings. The molecule has 0 saturated heterocycles. The summed E-state index contributed by atoms with van der Waals surface area (Å²) in [6.07, 6.45) is 0. The Balaban J connectivity index is 3.39. The number of hydrogen-bond donors (Lipinski definition) is 1. The average Bonchev–Trinajstić information content (AvgIpc) is 2.23. The highest BCUT2D eigenvalue weighted by Crippen LogP contribution is 2.24. The second-order valence-electron chi connectivity index (χ2n) is 4.97. The number of halogens is 1. The van der Waals surface area contributed by atoms with Crippen LogP contribution < -0.4 is 10.5 Å². The fourth-order valence-electron chi connectivity index (χ4n) is 1.62. The number of rotatable bonds is 3. The van der Waals surface area contributed by atoms with Crippen LogP contribution in [0.5, 0.6) is 0 Å². The zero-order valence-electron chi connectivity index (χ0n) is 11.1. The molecule has 17 heavy (non-hydrogen) atoms. The molecule has 1 N–H and O–H groups in total. The minimum absolute atomic E-state index is 0.0487. The monoisotopic (exact) mass is 349 g/mol. The van der Waals surface area contributed by atoms with E-state index in [2.05, 4.69) is 67.2 Å². The summed E-state index contributed by atoms with van der Waals surface area (Å²) in [5, 5.41) is 0. The van der Waals surface area contributed by atoms with Crippen LogP contribution in [0.25, 0.3) is 0 Å². The Hall–Kier alpha value is -0.590. The minimum Gasteiger partial charge on any atom is -0.343 e. The molecule has 0 fully saturated rings. The molecule has 5 heteroatoms. The van der Waals surface area contributed by atoms with Gasteiger partial charge in [0.15, 0.2) is 0 Å². The first-order valence-corrected chi connectivity index (χ1v) is 6.94. The van der Waals surface area contributed by atoms with Crippen LogP contribution in [0.2, 0.25) is 0 Å². The molecule has 0 atom stereocenters. The number of anilines is 1. The Morgan fingerprint density at radius 1 is 1.29 bits per heavy atom.